The number of halogens is 1. The first kappa shape index (κ1) is 33.4. The van der Waals surface area contributed by atoms with E-state index < -0.39 is 20.8 Å². The van der Waals surface area contributed by atoms with Gasteiger partial charge >= 0.3 is 59.1 Å². The number of aryl methyl sites for hydroxylation is 1. The number of aromatic nitrogens is 1. The number of benzene rings is 4. The van der Waals surface area contributed by atoms with Gasteiger partial charge in [-0.1, -0.05) is 17.7 Å². The van der Waals surface area contributed by atoms with Crippen LogP contribution in [0.25, 0.3) is 31.6 Å². The monoisotopic (exact) mass is 633 g/mol. The number of azo groups is 1. The van der Waals surface area contributed by atoms with Crippen molar-refractivity contribution in [1.29, 1.82) is 0 Å². The fraction of sp³-hybridized carbons (Fsp3) is 0.0417. The number of hydrogen-bond acceptors (Lipinski definition) is 12. The average molecular weight is 634 g/mol. The summed E-state index contributed by atoms with van der Waals surface area (Å²) in [5.74, 6) is -0.468. The van der Waals surface area contributed by atoms with Gasteiger partial charge in [0.15, 0.2) is 5.75 Å². The Balaban J connectivity index is 0.00000220. The third-order valence-electron chi connectivity index (χ3n) is 5.44. The molecule has 0 bridgehead atoms. The summed E-state index contributed by atoms with van der Waals surface area (Å²) in [7, 11) is -4.82. The summed E-state index contributed by atoms with van der Waals surface area (Å²) in [6, 6.07) is 16.5. The van der Waals surface area contributed by atoms with Crippen LogP contribution >= 0.6 is 35.0 Å². The molecule has 10 nitrogen and oxygen atoms in total. The van der Waals surface area contributed by atoms with Gasteiger partial charge in [-0.25, -0.2) is 13.4 Å². The molecule has 0 saturated heterocycles. The molecule has 0 aliphatic rings. The quantitative estimate of drug-likeness (QED) is 0.0667. The van der Waals surface area contributed by atoms with E-state index >= 15 is 0 Å². The van der Waals surface area contributed by atoms with Gasteiger partial charge in [-0.2, -0.15) is 9.45 Å². The minimum atomic E-state index is -4.82. The topological polar surface area (TPSA) is 157 Å². The van der Waals surface area contributed by atoms with E-state index in [4.69, 9.17) is 11.6 Å². The van der Waals surface area contributed by atoms with Crippen LogP contribution in [0.5, 0.6) is 5.75 Å². The van der Waals surface area contributed by atoms with Crippen LogP contribution in [-0.4, -0.2) is 23.1 Å². The van der Waals surface area contributed by atoms with E-state index in [0.29, 0.717) is 17.7 Å². The average Bonchev–Trinajstić information content (AvgIpc) is 3.29. The largest absolute Gasteiger partial charge is 1.00 e. The van der Waals surface area contributed by atoms with Gasteiger partial charge in [-0.05, 0) is 72.5 Å². The zero-order valence-corrected chi connectivity index (χ0v) is 28.3. The van der Waals surface area contributed by atoms with E-state index in [1.54, 1.807) is 23.5 Å². The number of nitrogens with zero attached hydrogens (tertiary/aromatic N) is 3. The molecular weight excluding hydrogens is 620 g/mol. The Morgan fingerprint density at radius 2 is 1.77 bits per heavy atom. The number of thiazole rings is 1. The Kier molecular flexibility index (Phi) is 11.6. The van der Waals surface area contributed by atoms with Gasteiger partial charge in [0.05, 0.1) is 42.8 Å². The summed E-state index contributed by atoms with van der Waals surface area (Å²) in [6.07, 6.45) is 0. The SMILES string of the molecule is Cc1ccc2nc(-c3ccc(N=Nc4c(SOO[O-])cc5cc(S(=O)(=O)[O-])cc(Cl)c5c4O)cc3)sc2c1.[Na+].[Na+]. The Labute approximate surface area is 285 Å². The molecule has 0 spiro atoms. The van der Waals surface area contributed by atoms with Gasteiger partial charge in [0.25, 0.3) is 0 Å². The second kappa shape index (κ2) is 13.9. The number of aromatic hydroxyl groups is 1. The molecule has 0 atom stereocenters. The summed E-state index contributed by atoms with van der Waals surface area (Å²) in [4.78, 5) is 4.12. The molecular formula is C24H14ClN3Na2O7S3. The first-order valence-electron chi connectivity index (χ1n) is 10.6. The number of hydrogen-bond donors (Lipinski definition) is 1. The molecule has 0 unspecified atom stereocenters. The summed E-state index contributed by atoms with van der Waals surface area (Å²) in [5.41, 5.74) is 3.29. The van der Waals surface area contributed by atoms with E-state index in [-0.39, 0.29) is 85.5 Å². The van der Waals surface area contributed by atoms with Crippen LogP contribution in [0.2, 0.25) is 5.02 Å². The molecule has 5 aromatic rings. The standard InChI is InChI=1S/C24H16ClN3O7S3.2Na/c1-12-2-7-18-19(8-12)36-24(26-18)13-3-5-15(6-4-13)27-28-22-20(37-35-34-30)10-14-9-16(38(31,32)33)11-17(25)21(14)23(22)29;;/h2-11,29-30H,1H3,(H,31,32,33);;/q;2*+1/p-2. The van der Waals surface area contributed by atoms with Gasteiger partial charge in [-0.3, -0.25) is 5.04 Å². The van der Waals surface area contributed by atoms with Crippen molar-refractivity contribution in [2.45, 2.75) is 16.7 Å². The van der Waals surface area contributed by atoms with Crippen molar-refractivity contribution < 1.29 is 91.8 Å². The third-order valence-corrected chi connectivity index (χ3v) is 8.23. The van der Waals surface area contributed by atoms with Crippen molar-refractivity contribution >= 4 is 77.5 Å². The second-order valence-corrected chi connectivity index (χ2v) is 11.5. The molecule has 0 radical (unpaired) electrons. The van der Waals surface area contributed by atoms with Crippen LogP contribution < -0.4 is 64.4 Å². The van der Waals surface area contributed by atoms with Crippen molar-refractivity contribution in [1.82, 2.24) is 4.98 Å². The Hall–Kier alpha value is -1.14. The predicted octanol–water partition coefficient (Wildman–Crippen LogP) is 0.342. The van der Waals surface area contributed by atoms with Crippen LogP contribution in [0, 0.1) is 6.92 Å². The number of fused-ring (bicyclic) bond motifs is 2. The maximum atomic E-state index is 11.5. The van der Waals surface area contributed by atoms with E-state index in [1.165, 1.54) is 6.07 Å². The molecule has 1 heterocycles. The predicted molar refractivity (Wildman–Crippen MR) is 141 cm³/mol. The Bertz CT molecular complexity index is 1840. The molecule has 1 N–H and O–H groups in total. The van der Waals surface area contributed by atoms with Gasteiger partial charge in [0, 0.05) is 10.9 Å². The fourth-order valence-corrected chi connectivity index (χ4v) is 6.18. The van der Waals surface area contributed by atoms with Crippen molar-refractivity contribution in [3.05, 3.63) is 71.2 Å². The molecule has 1 aromatic heterocycles. The van der Waals surface area contributed by atoms with Gasteiger partial charge in [0.2, 0.25) is 0 Å². The number of phenols is 1. The maximum Gasteiger partial charge on any atom is 1.00 e. The smallest absolute Gasteiger partial charge is 0.744 e. The van der Waals surface area contributed by atoms with Crippen molar-refractivity contribution in [3.63, 3.8) is 0 Å². The normalized spacial score (nSPS) is 11.6. The molecule has 5 rings (SSSR count). The van der Waals surface area contributed by atoms with Gasteiger partial charge in [0.1, 0.15) is 20.8 Å². The summed E-state index contributed by atoms with van der Waals surface area (Å²) in [6.45, 7) is 2.03. The van der Waals surface area contributed by atoms with E-state index in [2.05, 4.69) is 30.7 Å². The molecule has 0 amide bonds. The molecule has 194 valence electrons. The first-order valence-corrected chi connectivity index (χ1v) is 14.0. The summed E-state index contributed by atoms with van der Waals surface area (Å²) < 4.78 is 39.9. The van der Waals surface area contributed by atoms with E-state index in [0.717, 1.165) is 38.5 Å². The van der Waals surface area contributed by atoms with Gasteiger partial charge in [-0.15, -0.1) is 16.5 Å². The molecule has 0 aliphatic carbocycles. The zero-order chi connectivity index (χ0) is 27.0. The van der Waals surface area contributed by atoms with Crippen molar-refractivity contribution in [2.24, 2.45) is 10.2 Å². The van der Waals surface area contributed by atoms with Crippen LogP contribution in [0.4, 0.5) is 11.4 Å². The Morgan fingerprint density at radius 1 is 1.05 bits per heavy atom. The second-order valence-electron chi connectivity index (χ2n) is 7.99. The third kappa shape index (κ3) is 7.25. The fourth-order valence-electron chi connectivity index (χ4n) is 3.70. The summed E-state index contributed by atoms with van der Waals surface area (Å²) in [5, 5.41) is 33.7. The number of rotatable bonds is 7. The minimum Gasteiger partial charge on any atom is -0.744 e. The summed E-state index contributed by atoms with van der Waals surface area (Å²) >= 11 is 8.16. The molecule has 0 saturated carbocycles. The molecule has 0 fully saturated rings. The molecule has 0 aliphatic heterocycles. The number of phenolic OH excluding ortho intramolecular Hbond substituents is 1. The van der Waals surface area contributed by atoms with Crippen molar-refractivity contribution in [2.75, 3.05) is 0 Å². The van der Waals surface area contributed by atoms with E-state index in [9.17, 15) is 23.3 Å². The van der Waals surface area contributed by atoms with E-state index in [1.807, 2.05) is 31.2 Å². The van der Waals surface area contributed by atoms with Gasteiger partial charge < -0.3 is 14.9 Å². The minimum absolute atomic E-state index is 0. The Morgan fingerprint density at radius 3 is 2.45 bits per heavy atom. The van der Waals surface area contributed by atoms with Crippen LogP contribution in [0.1, 0.15) is 5.56 Å². The molecule has 40 heavy (non-hydrogen) atoms. The zero-order valence-electron chi connectivity index (χ0n) is 21.1. The van der Waals surface area contributed by atoms with Crippen LogP contribution in [-0.2, 0) is 19.5 Å². The molecule has 16 heteroatoms. The maximum absolute atomic E-state index is 11.5. The molecule has 4 aromatic carbocycles. The van der Waals surface area contributed by atoms with Crippen molar-refractivity contribution in [3.8, 4) is 16.3 Å². The van der Waals surface area contributed by atoms with Crippen LogP contribution in [0.15, 0.2) is 80.7 Å². The van der Waals surface area contributed by atoms with Crippen LogP contribution in [0.3, 0.4) is 0 Å². The first-order chi connectivity index (χ1) is 18.1.